The van der Waals surface area contributed by atoms with Crippen molar-refractivity contribution in [1.82, 2.24) is 10.6 Å². The molecule has 2 heterocycles. The van der Waals surface area contributed by atoms with Gasteiger partial charge in [0, 0.05) is 58.9 Å². The lowest BCUT2D eigenvalue weighted by molar-refractivity contribution is -0.120. The zero-order valence-electron chi connectivity index (χ0n) is 34.2. The van der Waals surface area contributed by atoms with Crippen LogP contribution in [0.25, 0.3) is 0 Å². The van der Waals surface area contributed by atoms with Crippen LogP contribution in [0.2, 0.25) is 5.02 Å². The molecule has 0 unspecified atom stereocenters. The fourth-order valence-electron chi connectivity index (χ4n) is 7.34. The van der Waals surface area contributed by atoms with E-state index in [1.54, 1.807) is 19.2 Å². The van der Waals surface area contributed by atoms with E-state index in [2.05, 4.69) is 10.6 Å². The highest BCUT2D eigenvalue weighted by Crippen LogP contribution is 2.59. The molecule has 20 heteroatoms. The monoisotopic (exact) mass is 921 g/mol. The first-order valence-corrected chi connectivity index (χ1v) is 22.7. The molecule has 0 bridgehead atoms. The molecule has 332 valence electrons. The molecule has 0 aliphatic carbocycles. The summed E-state index contributed by atoms with van der Waals surface area (Å²) in [4.78, 5) is 42.4. The molecule has 2 aliphatic heterocycles. The number of nitrogens with zero attached hydrogens (tertiary/aromatic N) is 1. The lowest BCUT2D eigenvalue weighted by Crippen LogP contribution is -2.34. The summed E-state index contributed by atoms with van der Waals surface area (Å²) in [5.74, 6) is -2.32. The second kappa shape index (κ2) is 18.6. The minimum Gasteiger partial charge on any atom is -0.501 e. The Hall–Kier alpha value is -6.25. The van der Waals surface area contributed by atoms with E-state index in [-0.39, 0.29) is 53.2 Å². The molecule has 4 aromatic carbocycles. The predicted octanol–water partition coefficient (Wildman–Crippen LogP) is 5.96. The van der Waals surface area contributed by atoms with Gasteiger partial charge in [-0.3, -0.25) is 23.7 Å². The molecule has 0 aromatic heterocycles. The van der Waals surface area contributed by atoms with Crippen LogP contribution in [0.4, 0.5) is 11.4 Å². The number of allylic oxidation sites excluding steroid dienone is 4. The topological polar surface area (TPSA) is 276 Å². The molecule has 17 nitrogen and oxygen atoms in total. The van der Waals surface area contributed by atoms with Crippen LogP contribution in [0.3, 0.4) is 0 Å². The number of nitrogens with two attached hydrogens (primary N) is 2. The van der Waals surface area contributed by atoms with Crippen molar-refractivity contribution < 1.29 is 54.5 Å². The van der Waals surface area contributed by atoms with Gasteiger partial charge in [0.1, 0.15) is 0 Å². The van der Waals surface area contributed by atoms with E-state index >= 15 is 0 Å². The molecule has 2 amide bonds. The van der Waals surface area contributed by atoms with E-state index in [4.69, 9.17) is 42.3 Å². The number of nitrogens with one attached hydrogen (secondary N) is 2. The smallest absolute Gasteiger partial charge is 0.340 e. The number of rotatable bonds is 16. The van der Waals surface area contributed by atoms with Crippen LogP contribution in [-0.4, -0.2) is 76.2 Å². The van der Waals surface area contributed by atoms with Gasteiger partial charge in [0.25, 0.3) is 26.1 Å². The fraction of sp³-hybridized carbons (Fsp3) is 0.256. The molecule has 0 fully saturated rings. The minimum atomic E-state index is -5.15. The van der Waals surface area contributed by atoms with E-state index in [9.17, 15) is 40.3 Å². The summed E-state index contributed by atoms with van der Waals surface area (Å²) in [6, 6.07) is 16.1. The zero-order valence-corrected chi connectivity index (χ0v) is 36.6. The summed E-state index contributed by atoms with van der Waals surface area (Å²) >= 11 is 6.09. The first kappa shape index (κ1) is 46.3. The summed E-state index contributed by atoms with van der Waals surface area (Å²) in [5, 5.41) is 6.29. The van der Waals surface area contributed by atoms with E-state index < -0.39 is 70.4 Å². The number of hydrogen-bond donors (Lipinski definition) is 6. The number of carbonyl (C=O) groups is 3. The second-order valence-corrected chi connectivity index (χ2v) is 17.6. The lowest BCUT2D eigenvalue weighted by atomic mass is 9.77. The standard InChI is InChI=1S/C43H44ClN5O12S2/c1-4-25(22-24(2)59-3)36(26-8-11-28(44)12-9-26)48-21-18-35(50)47-19-6-5-7-20-49-41(51)27-10-13-30-29(23-27)42(52)61-43(30)31-14-16-33(45)39(62(53,54)55)37(31)60-38-32(43)15-17-34(46)40(38)63(56,57)58/h4,8-17,22-23H,5-7,18-21,45-46H2,1-3H3,(H,47,50)(H,49,51)(H,53,54,55)(H,56,57,58). The van der Waals surface area contributed by atoms with Gasteiger partial charge < -0.3 is 36.3 Å². The number of fused-ring (bicyclic) bond motifs is 6. The van der Waals surface area contributed by atoms with Crippen LogP contribution in [-0.2, 0) is 40.1 Å². The zero-order chi connectivity index (χ0) is 45.9. The largest absolute Gasteiger partial charge is 0.501 e. The molecule has 0 radical (unpaired) electrons. The maximum Gasteiger partial charge on any atom is 0.340 e. The van der Waals surface area contributed by atoms with Crippen molar-refractivity contribution in [2.75, 3.05) is 38.2 Å². The molecule has 2 aliphatic rings. The fourth-order valence-corrected chi connectivity index (χ4v) is 8.97. The SMILES string of the molecule is CC=C(C=C(C)OC)C(=NCCC(=O)NCCCCCNC(=O)c1ccc2c(c1)C(=O)OC21c2ccc(N)c(S(=O)(=O)O)c2Oc2c1ccc(N)c2S(=O)(=O)O)c1ccc(Cl)cc1. The highest BCUT2D eigenvalue weighted by Gasteiger charge is 2.56. The third-order valence-electron chi connectivity index (χ3n) is 10.3. The molecule has 63 heavy (non-hydrogen) atoms. The van der Waals surface area contributed by atoms with Gasteiger partial charge in [-0.15, -0.1) is 0 Å². The maximum atomic E-state index is 13.7. The van der Waals surface area contributed by atoms with Gasteiger partial charge >= 0.3 is 5.97 Å². The van der Waals surface area contributed by atoms with E-state index in [0.29, 0.717) is 42.3 Å². The summed E-state index contributed by atoms with van der Waals surface area (Å²) < 4.78 is 87.7. The van der Waals surface area contributed by atoms with Crippen molar-refractivity contribution in [3.05, 3.63) is 129 Å². The first-order chi connectivity index (χ1) is 29.8. The average Bonchev–Trinajstić information content (AvgIpc) is 3.51. The van der Waals surface area contributed by atoms with E-state index in [1.807, 2.05) is 38.1 Å². The van der Waals surface area contributed by atoms with E-state index in [0.717, 1.165) is 23.3 Å². The number of methoxy groups -OCH3 is 1. The minimum absolute atomic E-state index is 0.0553. The number of hydrogen-bond acceptors (Lipinski definition) is 13. The number of benzene rings is 4. The molecular formula is C43H44ClN5O12S2. The molecular weight excluding hydrogens is 878 g/mol. The number of esters is 1. The Kier molecular flexibility index (Phi) is 13.7. The molecule has 1 spiro atoms. The number of amides is 2. The highest BCUT2D eigenvalue weighted by atomic mass is 35.5. The van der Waals surface area contributed by atoms with Gasteiger partial charge in [0.15, 0.2) is 26.9 Å². The van der Waals surface area contributed by atoms with Crippen LogP contribution < -0.4 is 26.8 Å². The molecule has 6 rings (SSSR count). The molecule has 0 saturated heterocycles. The number of halogens is 1. The number of carbonyl (C=O) groups excluding carboxylic acids is 3. The highest BCUT2D eigenvalue weighted by molar-refractivity contribution is 7.86. The molecule has 4 aromatic rings. The molecule has 0 saturated carbocycles. The van der Waals surface area contributed by atoms with Crippen molar-refractivity contribution in [2.24, 2.45) is 4.99 Å². The summed E-state index contributed by atoms with van der Waals surface area (Å²) in [6.45, 7) is 4.66. The van der Waals surface area contributed by atoms with Crippen molar-refractivity contribution in [3.63, 3.8) is 0 Å². The first-order valence-electron chi connectivity index (χ1n) is 19.4. The number of anilines is 2. The van der Waals surface area contributed by atoms with Gasteiger partial charge in [0.05, 0.1) is 35.5 Å². The number of aliphatic imine (C=N–C) groups is 1. The summed E-state index contributed by atoms with van der Waals surface area (Å²) in [7, 11) is -8.72. The number of unbranched alkanes of at least 4 members (excludes halogenated alkanes) is 2. The Morgan fingerprint density at radius 1 is 0.841 bits per heavy atom. The number of nitrogen functional groups attached to an aromatic ring is 2. The second-order valence-electron chi connectivity index (χ2n) is 14.5. The Labute approximate surface area is 368 Å². The van der Waals surface area contributed by atoms with Gasteiger partial charge in [-0.1, -0.05) is 35.9 Å². The van der Waals surface area contributed by atoms with Gasteiger partial charge in [0.2, 0.25) is 5.91 Å². The predicted molar refractivity (Wildman–Crippen MR) is 234 cm³/mol. The van der Waals surface area contributed by atoms with Gasteiger partial charge in [-0.2, -0.15) is 16.8 Å². The number of ether oxygens (including phenoxy) is 3. The van der Waals surface area contributed by atoms with Gasteiger partial charge in [-0.05, 0) is 93.3 Å². The Balaban J connectivity index is 1.10. The quantitative estimate of drug-likeness (QED) is 0.0144. The van der Waals surface area contributed by atoms with Crippen molar-refractivity contribution in [2.45, 2.75) is 54.9 Å². The van der Waals surface area contributed by atoms with E-state index in [1.165, 1.54) is 30.3 Å². The lowest BCUT2D eigenvalue weighted by Gasteiger charge is -2.37. The molecule has 8 N–H and O–H groups in total. The van der Waals surface area contributed by atoms with Crippen LogP contribution in [0, 0.1) is 0 Å². The van der Waals surface area contributed by atoms with Crippen LogP contribution in [0.15, 0.2) is 105 Å². The average molecular weight is 922 g/mol. The summed E-state index contributed by atoms with van der Waals surface area (Å²) in [6.07, 6.45) is 5.83. The third kappa shape index (κ3) is 9.57. The molecule has 0 atom stereocenters. The summed E-state index contributed by atoms with van der Waals surface area (Å²) in [5.41, 5.74) is 10.8. The van der Waals surface area contributed by atoms with Crippen molar-refractivity contribution in [1.29, 1.82) is 0 Å². The maximum absolute atomic E-state index is 13.7. The van der Waals surface area contributed by atoms with Crippen LogP contribution >= 0.6 is 11.6 Å². The Bertz CT molecular complexity index is 2740. The Morgan fingerprint density at radius 3 is 1.95 bits per heavy atom. The normalized spacial score (nSPS) is 14.6. The van der Waals surface area contributed by atoms with Gasteiger partial charge in [-0.25, -0.2) is 4.79 Å². The van der Waals surface area contributed by atoms with Crippen LogP contribution in [0.5, 0.6) is 11.5 Å². The van der Waals surface area contributed by atoms with Crippen molar-refractivity contribution >= 4 is 66.7 Å². The van der Waals surface area contributed by atoms with Crippen molar-refractivity contribution in [3.8, 4) is 11.5 Å². The Morgan fingerprint density at radius 2 is 1.40 bits per heavy atom. The van der Waals surface area contributed by atoms with Crippen LogP contribution in [0.1, 0.15) is 82.5 Å². The third-order valence-corrected chi connectivity index (χ3v) is 12.5.